The molecular weight excluding hydrogens is 404 g/mol. The number of aryl methyl sites for hydroxylation is 1. The maximum atomic E-state index is 12.7. The average Bonchev–Trinajstić information content (AvgIpc) is 2.78. The minimum Gasteiger partial charge on any atom is -0.461 e. The van der Waals surface area contributed by atoms with Crippen LogP contribution >= 0.6 is 0 Å². The highest BCUT2D eigenvalue weighted by atomic mass is 16.5. The van der Waals surface area contributed by atoms with Crippen molar-refractivity contribution in [2.24, 2.45) is 5.92 Å². The van der Waals surface area contributed by atoms with E-state index in [-0.39, 0.29) is 24.3 Å². The molecule has 7 nitrogen and oxygen atoms in total. The highest BCUT2D eigenvalue weighted by Gasteiger charge is 2.28. The summed E-state index contributed by atoms with van der Waals surface area (Å²) in [5.74, 6) is 0.0171. The summed E-state index contributed by atoms with van der Waals surface area (Å²) in [4.78, 5) is 19.5. The Morgan fingerprint density at radius 3 is 2.78 bits per heavy atom. The van der Waals surface area contributed by atoms with Gasteiger partial charge in [0.15, 0.2) is 5.69 Å². The van der Waals surface area contributed by atoms with Gasteiger partial charge in [0.1, 0.15) is 5.82 Å². The molecule has 172 valence electrons. The zero-order chi connectivity index (χ0) is 23.3. The van der Waals surface area contributed by atoms with Gasteiger partial charge in [0.2, 0.25) is 0 Å². The number of methoxy groups -OCH3 is 1. The number of pyridine rings is 1. The Morgan fingerprint density at radius 1 is 1.34 bits per heavy atom. The molecule has 1 atom stereocenters. The number of hydrogen-bond acceptors (Lipinski definition) is 7. The van der Waals surface area contributed by atoms with E-state index in [4.69, 9.17) is 14.9 Å². The molecule has 7 heteroatoms. The molecule has 0 amide bonds. The third-order valence-electron chi connectivity index (χ3n) is 5.66. The van der Waals surface area contributed by atoms with Gasteiger partial charge in [0.05, 0.1) is 24.0 Å². The fourth-order valence-corrected chi connectivity index (χ4v) is 3.94. The summed E-state index contributed by atoms with van der Waals surface area (Å²) >= 11 is 0. The summed E-state index contributed by atoms with van der Waals surface area (Å²) in [6.07, 6.45) is 2.08. The molecule has 32 heavy (non-hydrogen) atoms. The second kappa shape index (κ2) is 10.6. The van der Waals surface area contributed by atoms with Crippen LogP contribution in [0.5, 0.6) is 0 Å². The van der Waals surface area contributed by atoms with Crippen molar-refractivity contribution in [2.45, 2.75) is 46.6 Å². The van der Waals surface area contributed by atoms with Crippen molar-refractivity contribution in [1.29, 1.82) is 5.41 Å². The molecule has 1 fully saturated rings. The van der Waals surface area contributed by atoms with E-state index in [1.54, 1.807) is 20.1 Å². The molecule has 1 saturated heterocycles. The van der Waals surface area contributed by atoms with Gasteiger partial charge in [-0.3, -0.25) is 0 Å². The number of carbonyl (C=O) groups is 1. The molecule has 2 heterocycles. The summed E-state index contributed by atoms with van der Waals surface area (Å²) in [5, 5.41) is 12.3. The Hall–Kier alpha value is -2.93. The summed E-state index contributed by atoms with van der Waals surface area (Å²) < 4.78 is 10.9. The van der Waals surface area contributed by atoms with Crippen molar-refractivity contribution in [3.63, 3.8) is 0 Å². The van der Waals surface area contributed by atoms with Gasteiger partial charge in [-0.25, -0.2) is 9.78 Å². The zero-order valence-corrected chi connectivity index (χ0v) is 19.7. The van der Waals surface area contributed by atoms with Gasteiger partial charge < -0.3 is 25.1 Å². The fourth-order valence-electron chi connectivity index (χ4n) is 3.94. The predicted molar refractivity (Wildman–Crippen MR) is 129 cm³/mol. The Labute approximate surface area is 190 Å². The topological polar surface area (TPSA) is 87.5 Å². The lowest BCUT2D eigenvalue weighted by atomic mass is 9.96. The van der Waals surface area contributed by atoms with E-state index in [1.165, 1.54) is 0 Å². The first-order valence-corrected chi connectivity index (χ1v) is 11.3. The average molecular weight is 439 g/mol. The van der Waals surface area contributed by atoms with Gasteiger partial charge in [-0.05, 0) is 56.4 Å². The van der Waals surface area contributed by atoms with Crippen molar-refractivity contribution < 1.29 is 14.3 Å². The molecule has 0 radical (unpaired) electrons. The molecular formula is C25H34N4O3. The van der Waals surface area contributed by atoms with Crippen LogP contribution in [0.15, 0.2) is 30.3 Å². The van der Waals surface area contributed by atoms with Crippen LogP contribution in [0.4, 0.5) is 17.2 Å². The lowest BCUT2D eigenvalue weighted by molar-refractivity contribution is 0.0519. The van der Waals surface area contributed by atoms with E-state index >= 15 is 0 Å². The van der Waals surface area contributed by atoms with E-state index in [0.717, 1.165) is 36.3 Å². The van der Waals surface area contributed by atoms with Gasteiger partial charge in [-0.15, -0.1) is 0 Å². The molecule has 2 aromatic rings. The molecule has 0 aliphatic carbocycles. The molecule has 3 rings (SSSR count). The quantitative estimate of drug-likeness (QED) is 0.448. The van der Waals surface area contributed by atoms with Crippen LogP contribution in [0, 0.1) is 18.3 Å². The number of nitrogens with one attached hydrogen (secondary N) is 2. The largest absolute Gasteiger partial charge is 0.461 e. The van der Waals surface area contributed by atoms with Crippen LogP contribution in [-0.4, -0.2) is 49.6 Å². The Morgan fingerprint density at radius 2 is 2.12 bits per heavy atom. The third kappa shape index (κ3) is 5.46. The highest BCUT2D eigenvalue weighted by Crippen LogP contribution is 2.34. The fraction of sp³-hybridized carbons (Fsp3) is 0.480. The number of aromatic nitrogens is 1. The molecule has 2 N–H and O–H groups in total. The standard InChI is InChI=1S/C25H34N4O3/c1-6-32-25(30)20-14-21(29-12-8-11-19(15-29)31-5)22(23(26)16(2)3)24(28-20)27-18-10-7-9-17(4)13-18/h7,9-10,13-14,16,19,26H,6,8,11-12,15H2,1-5H3,(H,27,28). The summed E-state index contributed by atoms with van der Waals surface area (Å²) in [6, 6.07) is 9.73. The molecule has 1 aliphatic rings. The van der Waals surface area contributed by atoms with Crippen LogP contribution in [-0.2, 0) is 9.47 Å². The van der Waals surface area contributed by atoms with E-state index in [2.05, 4.69) is 15.2 Å². The number of carbonyl (C=O) groups excluding carboxylic acids is 1. The van der Waals surface area contributed by atoms with Gasteiger partial charge >= 0.3 is 5.97 Å². The second-order valence-corrected chi connectivity index (χ2v) is 8.48. The van der Waals surface area contributed by atoms with Crippen LogP contribution in [0.2, 0.25) is 0 Å². The van der Waals surface area contributed by atoms with Crippen LogP contribution in [0.25, 0.3) is 0 Å². The number of anilines is 3. The van der Waals surface area contributed by atoms with Crippen LogP contribution < -0.4 is 10.2 Å². The van der Waals surface area contributed by atoms with Gasteiger partial charge in [0.25, 0.3) is 0 Å². The van der Waals surface area contributed by atoms with Crippen molar-refractivity contribution in [3.8, 4) is 0 Å². The molecule has 1 aromatic heterocycles. The second-order valence-electron chi connectivity index (χ2n) is 8.48. The first kappa shape index (κ1) is 23.7. The molecule has 0 saturated carbocycles. The Bertz CT molecular complexity index is 974. The third-order valence-corrected chi connectivity index (χ3v) is 5.66. The number of ether oxygens (including phenoxy) is 2. The number of hydrogen-bond donors (Lipinski definition) is 2. The summed E-state index contributed by atoms with van der Waals surface area (Å²) in [6.45, 7) is 9.59. The van der Waals surface area contributed by atoms with E-state index in [9.17, 15) is 4.79 Å². The van der Waals surface area contributed by atoms with Gasteiger partial charge in [-0.1, -0.05) is 26.0 Å². The Balaban J connectivity index is 2.18. The molecule has 0 bridgehead atoms. The predicted octanol–water partition coefficient (Wildman–Crippen LogP) is 4.95. The minimum atomic E-state index is -0.469. The van der Waals surface area contributed by atoms with Crippen molar-refractivity contribution in [1.82, 2.24) is 4.98 Å². The smallest absolute Gasteiger partial charge is 0.357 e. The lowest BCUT2D eigenvalue weighted by Crippen LogP contribution is -2.40. The first-order chi connectivity index (χ1) is 15.3. The van der Waals surface area contributed by atoms with Crippen molar-refractivity contribution >= 4 is 28.9 Å². The molecule has 0 spiro atoms. The number of esters is 1. The first-order valence-electron chi connectivity index (χ1n) is 11.3. The number of piperidine rings is 1. The van der Waals surface area contributed by atoms with Crippen molar-refractivity contribution in [2.75, 3.05) is 37.0 Å². The molecule has 1 aromatic carbocycles. The maximum Gasteiger partial charge on any atom is 0.357 e. The van der Waals surface area contributed by atoms with E-state index in [1.807, 2.05) is 45.0 Å². The number of nitrogens with zero attached hydrogens (tertiary/aromatic N) is 2. The van der Waals surface area contributed by atoms with E-state index in [0.29, 0.717) is 23.6 Å². The SMILES string of the molecule is CCOC(=O)c1cc(N2CCCC(OC)C2)c(C(=N)C(C)C)c(Nc2cccc(C)c2)n1. The van der Waals surface area contributed by atoms with Crippen LogP contribution in [0.3, 0.4) is 0 Å². The van der Waals surface area contributed by atoms with E-state index < -0.39 is 5.97 Å². The number of rotatable bonds is 8. The molecule has 1 unspecified atom stereocenters. The number of benzene rings is 1. The Kier molecular flexibility index (Phi) is 7.85. The molecule has 1 aliphatic heterocycles. The lowest BCUT2D eigenvalue weighted by Gasteiger charge is -2.35. The normalized spacial score (nSPS) is 16.2. The maximum absolute atomic E-state index is 12.7. The summed E-state index contributed by atoms with van der Waals surface area (Å²) in [7, 11) is 1.73. The van der Waals surface area contributed by atoms with Gasteiger partial charge in [0, 0.05) is 31.6 Å². The summed E-state index contributed by atoms with van der Waals surface area (Å²) in [5.41, 5.74) is 4.20. The van der Waals surface area contributed by atoms with Crippen molar-refractivity contribution in [3.05, 3.63) is 47.2 Å². The zero-order valence-electron chi connectivity index (χ0n) is 19.7. The van der Waals surface area contributed by atoms with Crippen LogP contribution in [0.1, 0.15) is 55.2 Å². The minimum absolute atomic E-state index is 0.00920. The monoisotopic (exact) mass is 438 g/mol. The highest BCUT2D eigenvalue weighted by molar-refractivity contribution is 6.09. The van der Waals surface area contributed by atoms with Gasteiger partial charge in [-0.2, -0.15) is 0 Å².